The third-order valence-corrected chi connectivity index (χ3v) is 8.85. The second kappa shape index (κ2) is 11.1. The Labute approximate surface area is 229 Å². The normalized spacial score (nSPS) is 37.9. The molecule has 3 aliphatic heterocycles. The fourth-order valence-corrected chi connectivity index (χ4v) is 6.62. The number of epoxide rings is 1. The van der Waals surface area contributed by atoms with Gasteiger partial charge in [-0.05, 0) is 48.7 Å². The number of carbonyl (C=O) groups excluding carboxylic acids is 3. The van der Waals surface area contributed by atoms with Crippen molar-refractivity contribution in [2.75, 3.05) is 0 Å². The smallest absolute Gasteiger partial charge is 0.346 e. The van der Waals surface area contributed by atoms with Crippen molar-refractivity contribution in [3.05, 3.63) is 71.5 Å². The van der Waals surface area contributed by atoms with Crippen LogP contribution in [0.5, 0.6) is 0 Å². The van der Waals surface area contributed by atoms with E-state index in [2.05, 4.69) is 18.8 Å². The van der Waals surface area contributed by atoms with E-state index in [1.807, 2.05) is 49.4 Å². The fraction of sp³-hybridized carbons (Fsp3) is 0.516. The highest BCUT2D eigenvalue weighted by molar-refractivity contribution is 5.90. The van der Waals surface area contributed by atoms with Gasteiger partial charge in [0.05, 0.1) is 12.5 Å². The molecule has 208 valence electrons. The summed E-state index contributed by atoms with van der Waals surface area (Å²) >= 11 is 0. The lowest BCUT2D eigenvalue weighted by Crippen LogP contribution is -2.61. The van der Waals surface area contributed by atoms with E-state index in [0.717, 1.165) is 24.7 Å². The Balaban J connectivity index is 1.50. The van der Waals surface area contributed by atoms with Gasteiger partial charge in [0.2, 0.25) is 5.60 Å². The fourth-order valence-electron chi connectivity index (χ4n) is 6.62. The molecule has 8 atom stereocenters. The van der Waals surface area contributed by atoms with Crippen molar-refractivity contribution < 1.29 is 34.0 Å². The van der Waals surface area contributed by atoms with E-state index in [1.165, 1.54) is 0 Å². The molecule has 2 saturated heterocycles. The summed E-state index contributed by atoms with van der Waals surface area (Å²) in [7, 11) is 0. The van der Waals surface area contributed by atoms with E-state index in [-0.39, 0.29) is 18.4 Å². The Morgan fingerprint density at radius 1 is 1.21 bits per heavy atom. The average Bonchev–Trinajstić information content (AvgIpc) is 3.61. The zero-order chi connectivity index (χ0) is 27.7. The zero-order valence-corrected chi connectivity index (χ0v) is 22.5. The van der Waals surface area contributed by atoms with Crippen LogP contribution in [-0.2, 0) is 35.3 Å². The Hall–Kier alpha value is -3.23. The van der Waals surface area contributed by atoms with Crippen LogP contribution >= 0.6 is 0 Å². The van der Waals surface area contributed by atoms with Crippen molar-refractivity contribution in [1.29, 1.82) is 0 Å². The first-order chi connectivity index (χ1) is 18.8. The summed E-state index contributed by atoms with van der Waals surface area (Å²) in [4.78, 5) is 49.6. The highest BCUT2D eigenvalue weighted by atomic mass is 17.2. The second-order valence-corrected chi connectivity index (χ2v) is 11.4. The molecule has 1 amide bonds. The van der Waals surface area contributed by atoms with Crippen LogP contribution in [0, 0.1) is 23.7 Å². The molecule has 1 saturated carbocycles. The molecule has 5 rings (SSSR count). The molecule has 3 fully saturated rings. The molecule has 39 heavy (non-hydrogen) atoms. The first-order valence-electron chi connectivity index (χ1n) is 13.9. The lowest BCUT2D eigenvalue weighted by atomic mass is 9.59. The SMILES string of the molecule is C=C1C(C)C2[C@H](Cc3ccccc3)NC(=O)[C@]23OOC(=O)CC2OC2=C(C=O)CCC[C@@H](C)C/C=C/C3[C@@H]1O. The van der Waals surface area contributed by atoms with Crippen molar-refractivity contribution >= 4 is 18.2 Å². The molecule has 1 aromatic carbocycles. The Bertz CT molecular complexity index is 1190. The van der Waals surface area contributed by atoms with E-state index < -0.39 is 41.5 Å². The number of aldehydes is 1. The number of fused-ring (bicyclic) bond motifs is 1. The number of benzene rings is 1. The molecule has 0 aromatic heterocycles. The van der Waals surface area contributed by atoms with Crippen LogP contribution in [0.3, 0.4) is 0 Å². The van der Waals surface area contributed by atoms with E-state index in [4.69, 9.17) is 14.5 Å². The van der Waals surface area contributed by atoms with Crippen LogP contribution in [0.25, 0.3) is 0 Å². The van der Waals surface area contributed by atoms with Crippen molar-refractivity contribution in [3.63, 3.8) is 0 Å². The number of ether oxygens (including phenoxy) is 1. The number of aliphatic hydroxyl groups is 1. The summed E-state index contributed by atoms with van der Waals surface area (Å²) in [6.45, 7) is 8.25. The molecular formula is C31H37NO7. The zero-order valence-electron chi connectivity index (χ0n) is 22.5. The van der Waals surface area contributed by atoms with Crippen LogP contribution < -0.4 is 5.32 Å². The van der Waals surface area contributed by atoms with Gasteiger partial charge in [-0.25, -0.2) is 4.79 Å². The standard InChI is InChI=1S/C31H37NO7/c1-18-9-7-13-22(17-33)29-25(37-29)16-26(34)38-39-31-23(14-8-10-18)28(35)20(3)19(2)27(31)24(32-30(31)36)15-21-11-5-4-6-12-21/h4-6,8,11-12,14,17-19,23-25,27-28,35H,3,7,9-10,13,15-16H2,1-2H3,(H,32,36)/b14-8+,29-22?/t18-,19?,23?,24+,25?,27?,28-,31-/m1/s1. The summed E-state index contributed by atoms with van der Waals surface area (Å²) in [6.07, 6.45) is 6.42. The van der Waals surface area contributed by atoms with Crippen LogP contribution in [-0.4, -0.2) is 47.1 Å². The number of aliphatic hydroxyl groups excluding tert-OH is 1. The third kappa shape index (κ3) is 5.20. The lowest BCUT2D eigenvalue weighted by molar-refractivity contribution is -0.348. The van der Waals surface area contributed by atoms with Crippen molar-refractivity contribution in [3.8, 4) is 0 Å². The maximum absolute atomic E-state index is 13.9. The minimum absolute atomic E-state index is 0.135. The Morgan fingerprint density at radius 3 is 2.72 bits per heavy atom. The van der Waals surface area contributed by atoms with E-state index in [1.54, 1.807) is 0 Å². The van der Waals surface area contributed by atoms with Crippen molar-refractivity contribution in [1.82, 2.24) is 5.32 Å². The maximum atomic E-state index is 13.9. The molecule has 3 heterocycles. The van der Waals surface area contributed by atoms with E-state index in [0.29, 0.717) is 42.1 Å². The highest BCUT2D eigenvalue weighted by Gasteiger charge is 2.68. The van der Waals surface area contributed by atoms with Crippen molar-refractivity contribution in [2.24, 2.45) is 23.7 Å². The van der Waals surface area contributed by atoms with Crippen LogP contribution in [0.4, 0.5) is 0 Å². The molecule has 2 N–H and O–H groups in total. The molecule has 1 aromatic rings. The molecule has 4 aliphatic rings. The van der Waals surface area contributed by atoms with Gasteiger partial charge in [-0.1, -0.05) is 69.3 Å². The van der Waals surface area contributed by atoms with Gasteiger partial charge >= 0.3 is 5.97 Å². The van der Waals surface area contributed by atoms with Crippen LogP contribution in [0.2, 0.25) is 0 Å². The number of amides is 1. The van der Waals surface area contributed by atoms with Crippen LogP contribution in [0.1, 0.15) is 51.5 Å². The minimum Gasteiger partial charge on any atom is -0.482 e. The Kier molecular flexibility index (Phi) is 7.78. The van der Waals surface area contributed by atoms with Gasteiger partial charge < -0.3 is 15.2 Å². The molecule has 8 heteroatoms. The number of allylic oxidation sites excluding steroid dienone is 2. The first kappa shape index (κ1) is 27.3. The highest BCUT2D eigenvalue weighted by Crippen LogP contribution is 2.52. The van der Waals surface area contributed by atoms with Gasteiger partial charge in [0.25, 0.3) is 5.91 Å². The van der Waals surface area contributed by atoms with Crippen LogP contribution in [0.15, 0.2) is 66.0 Å². The molecule has 0 bridgehead atoms. The van der Waals surface area contributed by atoms with Gasteiger partial charge in [0.15, 0.2) is 6.10 Å². The summed E-state index contributed by atoms with van der Waals surface area (Å²) < 4.78 is 5.54. The number of nitrogens with one attached hydrogen (secondary N) is 1. The van der Waals surface area contributed by atoms with E-state index in [9.17, 15) is 19.5 Å². The monoisotopic (exact) mass is 535 g/mol. The van der Waals surface area contributed by atoms with Gasteiger partial charge in [-0.15, -0.1) is 0 Å². The summed E-state index contributed by atoms with van der Waals surface area (Å²) in [5.41, 5.74) is 0.609. The summed E-state index contributed by atoms with van der Waals surface area (Å²) in [6, 6.07) is 9.52. The quantitative estimate of drug-likeness (QED) is 0.262. The number of carbonyl (C=O) groups is 3. The predicted molar refractivity (Wildman–Crippen MR) is 143 cm³/mol. The van der Waals surface area contributed by atoms with E-state index >= 15 is 0 Å². The molecule has 4 unspecified atom stereocenters. The lowest BCUT2D eigenvalue weighted by Gasteiger charge is -2.48. The summed E-state index contributed by atoms with van der Waals surface area (Å²) in [5.74, 6) is -1.83. The average molecular weight is 536 g/mol. The topological polar surface area (TPSA) is 114 Å². The Morgan fingerprint density at radius 2 is 1.97 bits per heavy atom. The number of hydrogen-bond acceptors (Lipinski definition) is 7. The molecular weight excluding hydrogens is 498 g/mol. The first-order valence-corrected chi connectivity index (χ1v) is 13.9. The molecule has 1 aliphatic carbocycles. The number of rotatable bonds is 3. The molecule has 8 nitrogen and oxygen atoms in total. The minimum atomic E-state index is -1.64. The van der Waals surface area contributed by atoms with Crippen molar-refractivity contribution in [2.45, 2.75) is 76.2 Å². The number of hydrogen-bond donors (Lipinski definition) is 2. The van der Waals surface area contributed by atoms with Gasteiger partial charge in [0, 0.05) is 23.5 Å². The van der Waals surface area contributed by atoms with Gasteiger partial charge in [-0.2, -0.15) is 4.89 Å². The van der Waals surface area contributed by atoms with Gasteiger partial charge in [-0.3, -0.25) is 14.5 Å². The molecule has 0 radical (unpaired) electrons. The second-order valence-electron chi connectivity index (χ2n) is 11.4. The summed E-state index contributed by atoms with van der Waals surface area (Å²) in [5, 5.41) is 14.5. The predicted octanol–water partition coefficient (Wildman–Crippen LogP) is 3.75. The molecule has 1 spiro atoms. The third-order valence-electron chi connectivity index (χ3n) is 8.85. The largest absolute Gasteiger partial charge is 0.482 e. The maximum Gasteiger partial charge on any atom is 0.346 e. The van der Waals surface area contributed by atoms with Gasteiger partial charge in [0.1, 0.15) is 12.0 Å².